The highest BCUT2D eigenvalue weighted by Gasteiger charge is 2.30. The van der Waals surface area contributed by atoms with Gasteiger partial charge in [-0.2, -0.15) is 12.6 Å². The van der Waals surface area contributed by atoms with Gasteiger partial charge in [0.25, 0.3) is 0 Å². The summed E-state index contributed by atoms with van der Waals surface area (Å²) >= 11 is 4.22. The fourth-order valence-electron chi connectivity index (χ4n) is 6.99. The van der Waals surface area contributed by atoms with E-state index in [2.05, 4.69) is 58.3 Å². The zero-order valence-electron chi connectivity index (χ0n) is 33.1. The first-order valence-electron chi connectivity index (χ1n) is 20.6. The average Bonchev–Trinajstić information content (AvgIpc) is 3.52. The van der Waals surface area contributed by atoms with Crippen LogP contribution in [0.2, 0.25) is 0 Å². The number of carbonyl (C=O) groups is 5. The van der Waals surface area contributed by atoms with E-state index in [0.717, 1.165) is 41.5 Å². The average molecular weight is 780 g/mol. The number of thiol groups is 1. The molecule has 0 aliphatic heterocycles. The van der Waals surface area contributed by atoms with Gasteiger partial charge in [-0.1, -0.05) is 133 Å². The van der Waals surface area contributed by atoms with Crippen molar-refractivity contribution in [1.82, 2.24) is 26.6 Å². The third kappa shape index (κ3) is 16.7. The van der Waals surface area contributed by atoms with Gasteiger partial charge in [-0.25, -0.2) is 4.79 Å². The lowest BCUT2D eigenvalue weighted by atomic mass is 9.98. The van der Waals surface area contributed by atoms with Gasteiger partial charge in [0.15, 0.2) is 0 Å². The molecule has 0 spiro atoms. The highest BCUT2D eigenvalue weighted by molar-refractivity contribution is 7.80. The predicted octanol–water partition coefficient (Wildman–Crippen LogP) is 6.94. The van der Waals surface area contributed by atoms with E-state index in [1.54, 1.807) is 0 Å². The van der Waals surface area contributed by atoms with Gasteiger partial charge in [0, 0.05) is 31.7 Å². The molecule has 1 aliphatic carbocycles. The minimum Gasteiger partial charge on any atom is -0.449 e. The first kappa shape index (κ1) is 45.3. The SMILES string of the molecule is CCCCCCCCCCCCCCCC(=O)NCCCC[C@H](NC(=O)OCC1c2ccccc2-c2ccccc21)C(=O)NC(CS)C(=O)NCC(=O)NC. The maximum absolute atomic E-state index is 13.5. The Morgan fingerprint density at radius 1 is 0.655 bits per heavy atom. The Hall–Kier alpha value is -4.06. The number of rotatable bonds is 28. The fraction of sp³-hybridized carbons (Fsp3) is 0.605. The summed E-state index contributed by atoms with van der Waals surface area (Å²) in [5.41, 5.74) is 4.35. The molecule has 0 saturated heterocycles. The van der Waals surface area contributed by atoms with Gasteiger partial charge in [0.2, 0.25) is 23.6 Å². The summed E-state index contributed by atoms with van der Waals surface area (Å²) in [6, 6.07) is 14.0. The second-order valence-corrected chi connectivity index (χ2v) is 14.9. The second kappa shape index (κ2) is 26.7. The van der Waals surface area contributed by atoms with E-state index < -0.39 is 30.0 Å². The molecule has 5 amide bonds. The van der Waals surface area contributed by atoms with Crippen molar-refractivity contribution in [2.75, 3.05) is 32.5 Å². The van der Waals surface area contributed by atoms with Crippen LogP contribution in [-0.4, -0.2) is 74.3 Å². The molecule has 11 nitrogen and oxygen atoms in total. The molecule has 5 N–H and O–H groups in total. The molecule has 0 saturated carbocycles. The van der Waals surface area contributed by atoms with E-state index in [1.165, 1.54) is 71.3 Å². The highest BCUT2D eigenvalue weighted by Crippen LogP contribution is 2.44. The minimum atomic E-state index is -1.03. The third-order valence-electron chi connectivity index (χ3n) is 10.2. The summed E-state index contributed by atoms with van der Waals surface area (Å²) < 4.78 is 5.71. The second-order valence-electron chi connectivity index (χ2n) is 14.5. The molecule has 55 heavy (non-hydrogen) atoms. The van der Waals surface area contributed by atoms with Gasteiger partial charge < -0.3 is 31.3 Å². The number of benzene rings is 2. The Balaban J connectivity index is 1.42. The number of nitrogens with one attached hydrogen (secondary N) is 5. The van der Waals surface area contributed by atoms with Crippen LogP contribution >= 0.6 is 12.6 Å². The van der Waals surface area contributed by atoms with Crippen LogP contribution in [0.3, 0.4) is 0 Å². The summed E-state index contributed by atoms with van der Waals surface area (Å²) in [5.74, 6) is -1.68. The molecule has 1 unspecified atom stereocenters. The molecule has 0 radical (unpaired) electrons. The summed E-state index contributed by atoms with van der Waals surface area (Å²) in [6.07, 6.45) is 17.5. The molecule has 1 aliphatic rings. The maximum Gasteiger partial charge on any atom is 0.407 e. The first-order valence-corrected chi connectivity index (χ1v) is 21.2. The molecule has 3 rings (SSSR count). The fourth-order valence-corrected chi connectivity index (χ4v) is 7.25. The lowest BCUT2D eigenvalue weighted by Gasteiger charge is -2.22. The lowest BCUT2D eigenvalue weighted by Crippen LogP contribution is -2.55. The van der Waals surface area contributed by atoms with E-state index in [1.807, 2.05) is 36.4 Å². The van der Waals surface area contributed by atoms with Crippen molar-refractivity contribution in [2.24, 2.45) is 0 Å². The van der Waals surface area contributed by atoms with Crippen LogP contribution in [0.1, 0.15) is 133 Å². The topological polar surface area (TPSA) is 155 Å². The molecule has 2 atom stereocenters. The van der Waals surface area contributed by atoms with Crippen molar-refractivity contribution in [1.29, 1.82) is 0 Å². The molecule has 0 fully saturated rings. The predicted molar refractivity (Wildman–Crippen MR) is 222 cm³/mol. The van der Waals surface area contributed by atoms with Gasteiger partial charge in [0.1, 0.15) is 18.7 Å². The Morgan fingerprint density at radius 3 is 1.78 bits per heavy atom. The van der Waals surface area contributed by atoms with Crippen molar-refractivity contribution in [3.63, 3.8) is 0 Å². The zero-order valence-corrected chi connectivity index (χ0v) is 34.0. The van der Waals surface area contributed by atoms with Crippen molar-refractivity contribution in [2.45, 2.75) is 134 Å². The monoisotopic (exact) mass is 779 g/mol. The Morgan fingerprint density at radius 2 is 1.22 bits per heavy atom. The van der Waals surface area contributed by atoms with Crippen molar-refractivity contribution >= 4 is 42.4 Å². The van der Waals surface area contributed by atoms with E-state index in [9.17, 15) is 24.0 Å². The van der Waals surface area contributed by atoms with Gasteiger partial charge in [-0.15, -0.1) is 0 Å². The van der Waals surface area contributed by atoms with Crippen LogP contribution in [0, 0.1) is 0 Å². The maximum atomic E-state index is 13.5. The summed E-state index contributed by atoms with van der Waals surface area (Å²) in [4.78, 5) is 63.4. The van der Waals surface area contributed by atoms with E-state index in [0.29, 0.717) is 25.8 Å². The van der Waals surface area contributed by atoms with Gasteiger partial charge in [-0.05, 0) is 47.9 Å². The summed E-state index contributed by atoms with van der Waals surface area (Å²) in [7, 11) is 1.46. The standard InChI is InChI=1S/C43H65N5O6S/c1-3-4-5-6-7-8-9-10-11-12-13-14-15-27-39(49)45-28-21-20-26-37(42(52)47-38(31-55)41(51)46-29-40(50)44-2)48-43(53)54-30-36-34-24-18-16-22-32(34)33-23-17-19-25-35(33)36/h16-19,22-25,36-38,55H,3-15,20-21,26-31H2,1-2H3,(H,44,50)(H,45,49)(H,46,51)(H,47,52)(H,48,53)/t37-,38?/m0/s1. The number of carbonyl (C=O) groups excluding carboxylic acids is 5. The molecule has 2 aromatic rings. The molecular weight excluding hydrogens is 715 g/mol. The highest BCUT2D eigenvalue weighted by atomic mass is 32.1. The van der Waals surface area contributed by atoms with Crippen LogP contribution in [0.15, 0.2) is 48.5 Å². The molecule has 2 aromatic carbocycles. The van der Waals surface area contributed by atoms with Crippen molar-refractivity contribution in [3.05, 3.63) is 59.7 Å². The molecule has 0 aromatic heterocycles. The minimum absolute atomic E-state index is 0.0196. The number of hydrogen-bond donors (Lipinski definition) is 6. The Labute approximate surface area is 334 Å². The number of unbranched alkanes of at least 4 members (excludes halogenated alkanes) is 13. The van der Waals surface area contributed by atoms with Gasteiger partial charge >= 0.3 is 6.09 Å². The Kier molecular flexibility index (Phi) is 22.0. The smallest absolute Gasteiger partial charge is 0.407 e. The molecule has 0 heterocycles. The van der Waals surface area contributed by atoms with Gasteiger partial charge in [-0.3, -0.25) is 19.2 Å². The number of fused-ring (bicyclic) bond motifs is 3. The normalized spacial score (nSPS) is 12.9. The third-order valence-corrected chi connectivity index (χ3v) is 10.6. The van der Waals surface area contributed by atoms with Gasteiger partial charge in [0.05, 0.1) is 6.54 Å². The Bertz CT molecular complexity index is 1440. The molecule has 12 heteroatoms. The number of ether oxygens (including phenoxy) is 1. The van der Waals surface area contributed by atoms with Crippen LogP contribution in [0.25, 0.3) is 11.1 Å². The van der Waals surface area contributed by atoms with Crippen LogP contribution < -0.4 is 26.6 Å². The molecule has 0 bridgehead atoms. The first-order chi connectivity index (χ1) is 26.8. The van der Waals surface area contributed by atoms with Crippen LogP contribution in [0.5, 0.6) is 0 Å². The van der Waals surface area contributed by atoms with Crippen molar-refractivity contribution in [3.8, 4) is 11.1 Å². The number of amides is 5. The van der Waals surface area contributed by atoms with Crippen LogP contribution in [0.4, 0.5) is 4.79 Å². The summed E-state index contributed by atoms with van der Waals surface area (Å²) in [6.45, 7) is 2.54. The summed E-state index contributed by atoms with van der Waals surface area (Å²) in [5, 5.41) is 13.2. The molecule has 304 valence electrons. The van der Waals surface area contributed by atoms with E-state index in [-0.39, 0.29) is 43.1 Å². The molecular formula is C43H65N5O6S. The largest absolute Gasteiger partial charge is 0.449 e. The lowest BCUT2D eigenvalue weighted by molar-refractivity contribution is -0.130. The number of likely N-dealkylation sites (N-methyl/N-ethyl adjacent to an activating group) is 1. The zero-order chi connectivity index (χ0) is 39.7. The quantitative estimate of drug-likeness (QED) is 0.0407. The number of alkyl carbamates (subject to hydrolysis) is 1. The van der Waals surface area contributed by atoms with E-state index in [4.69, 9.17) is 4.74 Å². The van der Waals surface area contributed by atoms with Crippen molar-refractivity contribution < 1.29 is 28.7 Å². The van der Waals surface area contributed by atoms with E-state index >= 15 is 0 Å². The van der Waals surface area contributed by atoms with Crippen LogP contribution in [-0.2, 0) is 23.9 Å². The number of hydrogen-bond acceptors (Lipinski definition) is 7.